The van der Waals surface area contributed by atoms with Gasteiger partial charge in [-0.1, -0.05) is 0 Å². The van der Waals surface area contributed by atoms with Crippen LogP contribution in [0.1, 0.15) is 36.9 Å². The van der Waals surface area contributed by atoms with E-state index in [2.05, 4.69) is 4.90 Å². The Morgan fingerprint density at radius 1 is 1.05 bits per heavy atom. The van der Waals surface area contributed by atoms with Gasteiger partial charge in [0.2, 0.25) is 11.8 Å². The van der Waals surface area contributed by atoms with Gasteiger partial charge in [0.1, 0.15) is 6.10 Å². The van der Waals surface area contributed by atoms with Gasteiger partial charge in [0.15, 0.2) is 6.10 Å². The maximum atomic E-state index is 9.93. The second-order valence-corrected chi connectivity index (χ2v) is 6.42. The number of aliphatic hydroxyl groups is 1. The van der Waals surface area contributed by atoms with Crippen LogP contribution in [0.25, 0.3) is 0 Å². The summed E-state index contributed by atoms with van der Waals surface area (Å²) in [4.78, 5) is 11.7. The van der Waals surface area contributed by atoms with Gasteiger partial charge in [0.05, 0.1) is 18.9 Å². The molecular formula is C16H23N3O3. The number of hydrogen-bond acceptors (Lipinski definition) is 6. The average molecular weight is 305 g/mol. The zero-order valence-corrected chi connectivity index (χ0v) is 12.8. The van der Waals surface area contributed by atoms with Crippen molar-refractivity contribution < 1.29 is 14.6 Å². The summed E-state index contributed by atoms with van der Waals surface area (Å²) in [6.45, 7) is 2.82. The summed E-state index contributed by atoms with van der Waals surface area (Å²) >= 11 is 0. The van der Waals surface area contributed by atoms with Crippen molar-refractivity contribution in [3.63, 3.8) is 0 Å². The zero-order chi connectivity index (χ0) is 14.9. The Labute approximate surface area is 130 Å². The topological polar surface area (TPSA) is 67.7 Å². The van der Waals surface area contributed by atoms with Crippen molar-refractivity contribution in [1.82, 2.24) is 9.97 Å². The first kappa shape index (κ1) is 14.2. The standard InChI is InChI=1S/C16H23N3O3/c20-13-9-21-10-14(13)22-15-11-5-1-2-6-12(11)17-16(18-15)19-7-3-4-8-19/h13-14,20H,1-10H2/t13-,14-/m1/s1. The molecule has 22 heavy (non-hydrogen) atoms. The monoisotopic (exact) mass is 305 g/mol. The van der Waals surface area contributed by atoms with E-state index in [1.54, 1.807) is 0 Å². The predicted octanol–water partition coefficient (Wildman–Crippen LogP) is 1.09. The molecule has 0 unspecified atom stereocenters. The smallest absolute Gasteiger partial charge is 0.228 e. The van der Waals surface area contributed by atoms with Crippen molar-refractivity contribution in [1.29, 1.82) is 0 Å². The lowest BCUT2D eigenvalue weighted by Gasteiger charge is -2.24. The number of anilines is 1. The maximum Gasteiger partial charge on any atom is 0.228 e. The van der Waals surface area contributed by atoms with E-state index in [1.807, 2.05) is 0 Å². The fourth-order valence-corrected chi connectivity index (χ4v) is 3.48. The molecule has 120 valence electrons. The van der Waals surface area contributed by atoms with Gasteiger partial charge >= 0.3 is 0 Å². The van der Waals surface area contributed by atoms with Crippen molar-refractivity contribution in [3.05, 3.63) is 11.3 Å². The van der Waals surface area contributed by atoms with Crippen LogP contribution < -0.4 is 9.64 Å². The van der Waals surface area contributed by atoms with Crippen molar-refractivity contribution in [2.75, 3.05) is 31.2 Å². The Morgan fingerprint density at radius 3 is 2.64 bits per heavy atom. The Kier molecular flexibility index (Phi) is 3.88. The summed E-state index contributed by atoms with van der Waals surface area (Å²) in [6, 6.07) is 0. The molecule has 6 nitrogen and oxygen atoms in total. The van der Waals surface area contributed by atoms with Gasteiger partial charge in [0.25, 0.3) is 0 Å². The number of aryl methyl sites for hydroxylation is 1. The van der Waals surface area contributed by atoms with E-state index < -0.39 is 6.10 Å². The number of fused-ring (bicyclic) bond motifs is 1. The highest BCUT2D eigenvalue weighted by molar-refractivity contribution is 5.42. The lowest BCUT2D eigenvalue weighted by Crippen LogP contribution is -2.31. The molecule has 0 amide bonds. The van der Waals surface area contributed by atoms with Gasteiger partial charge in [-0.25, -0.2) is 4.98 Å². The molecule has 0 bridgehead atoms. The van der Waals surface area contributed by atoms with E-state index in [-0.39, 0.29) is 6.10 Å². The molecule has 2 atom stereocenters. The molecule has 2 aliphatic heterocycles. The molecule has 2 saturated heterocycles. The number of nitrogens with zero attached hydrogens (tertiary/aromatic N) is 3. The molecule has 2 fully saturated rings. The van der Waals surface area contributed by atoms with Crippen LogP contribution in [0, 0.1) is 0 Å². The predicted molar refractivity (Wildman–Crippen MR) is 81.4 cm³/mol. The van der Waals surface area contributed by atoms with Crippen molar-refractivity contribution in [2.24, 2.45) is 0 Å². The number of aliphatic hydroxyl groups excluding tert-OH is 1. The maximum absolute atomic E-state index is 9.93. The third kappa shape index (κ3) is 2.65. The summed E-state index contributed by atoms with van der Waals surface area (Å²) in [7, 11) is 0. The number of aromatic nitrogens is 2. The molecule has 1 aromatic rings. The molecule has 0 spiro atoms. The van der Waals surface area contributed by atoms with E-state index in [0.717, 1.165) is 49.6 Å². The third-order valence-electron chi connectivity index (χ3n) is 4.79. The summed E-state index contributed by atoms with van der Waals surface area (Å²) in [5, 5.41) is 9.93. The minimum Gasteiger partial charge on any atom is -0.469 e. The summed E-state index contributed by atoms with van der Waals surface area (Å²) in [5.74, 6) is 1.46. The first-order chi connectivity index (χ1) is 10.8. The molecule has 3 aliphatic rings. The van der Waals surface area contributed by atoms with Gasteiger partial charge in [-0.2, -0.15) is 4.98 Å². The molecule has 0 radical (unpaired) electrons. The van der Waals surface area contributed by atoms with Gasteiger partial charge in [-0.15, -0.1) is 0 Å². The number of ether oxygens (including phenoxy) is 2. The number of rotatable bonds is 3. The van der Waals surface area contributed by atoms with Gasteiger partial charge in [-0.05, 0) is 38.5 Å². The molecule has 4 rings (SSSR count). The van der Waals surface area contributed by atoms with Gasteiger partial charge in [-0.3, -0.25) is 0 Å². The molecule has 1 aromatic heterocycles. The van der Waals surface area contributed by atoms with Gasteiger partial charge < -0.3 is 19.5 Å². The molecule has 6 heteroatoms. The zero-order valence-electron chi connectivity index (χ0n) is 12.8. The Balaban J connectivity index is 1.66. The highest BCUT2D eigenvalue weighted by Gasteiger charge is 2.31. The highest BCUT2D eigenvalue weighted by atomic mass is 16.6. The Hall–Kier alpha value is -1.40. The van der Waals surface area contributed by atoms with Crippen molar-refractivity contribution >= 4 is 5.95 Å². The van der Waals surface area contributed by atoms with Crippen LogP contribution in [0.4, 0.5) is 5.95 Å². The third-order valence-corrected chi connectivity index (χ3v) is 4.79. The summed E-state index contributed by atoms with van der Waals surface area (Å²) in [6.07, 6.45) is 5.82. The molecule has 0 aromatic carbocycles. The fraction of sp³-hybridized carbons (Fsp3) is 0.750. The van der Waals surface area contributed by atoms with E-state index >= 15 is 0 Å². The molecule has 1 aliphatic carbocycles. The molecule has 1 N–H and O–H groups in total. The second-order valence-electron chi connectivity index (χ2n) is 6.42. The molecular weight excluding hydrogens is 282 g/mol. The lowest BCUT2D eigenvalue weighted by atomic mass is 9.97. The number of hydrogen-bond donors (Lipinski definition) is 1. The quantitative estimate of drug-likeness (QED) is 0.902. The fourth-order valence-electron chi connectivity index (χ4n) is 3.48. The largest absolute Gasteiger partial charge is 0.469 e. The Bertz CT molecular complexity index is 546. The van der Waals surface area contributed by atoms with Crippen LogP contribution in [-0.2, 0) is 17.6 Å². The van der Waals surface area contributed by atoms with E-state index in [9.17, 15) is 5.11 Å². The van der Waals surface area contributed by atoms with Crippen LogP contribution >= 0.6 is 0 Å². The van der Waals surface area contributed by atoms with Crippen molar-refractivity contribution in [2.45, 2.75) is 50.7 Å². The van der Waals surface area contributed by atoms with Crippen LogP contribution in [0.3, 0.4) is 0 Å². The molecule has 3 heterocycles. The second kappa shape index (κ2) is 6.01. The Morgan fingerprint density at radius 2 is 1.86 bits per heavy atom. The first-order valence-corrected chi connectivity index (χ1v) is 8.38. The van der Waals surface area contributed by atoms with Gasteiger partial charge in [0, 0.05) is 18.7 Å². The average Bonchev–Trinajstić information content (AvgIpc) is 3.20. The van der Waals surface area contributed by atoms with E-state index in [4.69, 9.17) is 19.4 Å². The summed E-state index contributed by atoms with van der Waals surface area (Å²) < 4.78 is 11.3. The molecule has 0 saturated carbocycles. The van der Waals surface area contributed by atoms with Crippen LogP contribution in [-0.4, -0.2) is 53.6 Å². The normalized spacial score (nSPS) is 28.0. The minimum atomic E-state index is -0.565. The summed E-state index contributed by atoms with van der Waals surface area (Å²) in [5.41, 5.74) is 2.26. The first-order valence-electron chi connectivity index (χ1n) is 8.38. The highest BCUT2D eigenvalue weighted by Crippen LogP contribution is 2.31. The van der Waals surface area contributed by atoms with E-state index in [1.165, 1.54) is 19.3 Å². The van der Waals surface area contributed by atoms with Crippen LogP contribution in [0.5, 0.6) is 5.88 Å². The lowest BCUT2D eigenvalue weighted by molar-refractivity contribution is 0.0694. The van der Waals surface area contributed by atoms with Crippen molar-refractivity contribution in [3.8, 4) is 5.88 Å². The van der Waals surface area contributed by atoms with Crippen LogP contribution in [0.15, 0.2) is 0 Å². The SMILES string of the molecule is O[C@@H]1COC[C@H]1Oc1nc(N2CCCC2)nc2c1CCCC2. The minimum absolute atomic E-state index is 0.313. The van der Waals surface area contributed by atoms with E-state index in [0.29, 0.717) is 19.1 Å². The van der Waals surface area contributed by atoms with Crippen LogP contribution in [0.2, 0.25) is 0 Å².